The van der Waals surface area contributed by atoms with Crippen molar-refractivity contribution in [3.8, 4) is 0 Å². The summed E-state index contributed by atoms with van der Waals surface area (Å²) in [6.07, 6.45) is 4.14. The predicted molar refractivity (Wildman–Crippen MR) is 98.9 cm³/mol. The van der Waals surface area contributed by atoms with E-state index in [2.05, 4.69) is 41.1 Å². The highest BCUT2D eigenvalue weighted by atomic mass is 16.5. The molecule has 2 N–H and O–H groups in total. The van der Waals surface area contributed by atoms with Crippen molar-refractivity contribution in [1.29, 1.82) is 0 Å². The number of piperidine rings is 1. The van der Waals surface area contributed by atoms with E-state index in [9.17, 15) is 0 Å². The van der Waals surface area contributed by atoms with Crippen LogP contribution in [-0.4, -0.2) is 50.4 Å². The summed E-state index contributed by atoms with van der Waals surface area (Å²) in [5, 5.41) is 2.59. The zero-order valence-corrected chi connectivity index (χ0v) is 14.4. The Morgan fingerprint density at radius 2 is 1.83 bits per heavy atom. The molecule has 24 heavy (non-hydrogen) atoms. The first-order chi connectivity index (χ1) is 11.7. The van der Waals surface area contributed by atoms with Gasteiger partial charge in [-0.25, -0.2) is 4.98 Å². The number of pyridine rings is 1. The van der Waals surface area contributed by atoms with Crippen molar-refractivity contribution in [1.82, 2.24) is 4.98 Å². The largest absolute Gasteiger partial charge is 0.378 e. The van der Waals surface area contributed by atoms with Gasteiger partial charge < -0.3 is 20.3 Å². The van der Waals surface area contributed by atoms with Crippen molar-refractivity contribution < 1.29 is 4.74 Å². The standard InChI is InChI=1S/C19H26N4O/c1-14-3-2-4-16-18(14)17(22-9-11-24-12-10-22)13-21-19(16)23-7-5-15(20)6-8-23/h2-4,13,15H,5-12,20H2,1H3. The van der Waals surface area contributed by atoms with Crippen molar-refractivity contribution in [2.24, 2.45) is 5.73 Å². The molecule has 0 unspecified atom stereocenters. The molecule has 0 saturated carbocycles. The van der Waals surface area contributed by atoms with Crippen LogP contribution in [0.4, 0.5) is 11.5 Å². The molecule has 1 aromatic carbocycles. The van der Waals surface area contributed by atoms with Gasteiger partial charge in [-0.1, -0.05) is 18.2 Å². The van der Waals surface area contributed by atoms with Gasteiger partial charge in [-0.2, -0.15) is 0 Å². The molecule has 2 saturated heterocycles. The van der Waals surface area contributed by atoms with Gasteiger partial charge in [-0.05, 0) is 25.3 Å². The first-order valence-corrected chi connectivity index (χ1v) is 8.95. The number of morpholine rings is 1. The number of ether oxygens (including phenoxy) is 1. The van der Waals surface area contributed by atoms with Crippen molar-refractivity contribution in [3.63, 3.8) is 0 Å². The fourth-order valence-corrected chi connectivity index (χ4v) is 3.86. The molecule has 2 aliphatic heterocycles. The Kier molecular flexibility index (Phi) is 4.29. The topological polar surface area (TPSA) is 54.6 Å². The number of rotatable bonds is 2. The fourth-order valence-electron chi connectivity index (χ4n) is 3.86. The molecule has 1 aromatic heterocycles. The summed E-state index contributed by atoms with van der Waals surface area (Å²) < 4.78 is 5.51. The molecular formula is C19H26N4O. The van der Waals surface area contributed by atoms with Crippen molar-refractivity contribution in [2.45, 2.75) is 25.8 Å². The molecule has 3 heterocycles. The molecule has 0 atom stereocenters. The minimum atomic E-state index is 0.335. The van der Waals surface area contributed by atoms with Gasteiger partial charge in [0, 0.05) is 43.0 Å². The highest BCUT2D eigenvalue weighted by Crippen LogP contribution is 2.35. The highest BCUT2D eigenvalue weighted by molar-refractivity contribution is 6.02. The monoisotopic (exact) mass is 326 g/mol. The van der Waals surface area contributed by atoms with Crippen LogP contribution in [0.1, 0.15) is 18.4 Å². The number of nitrogens with zero attached hydrogens (tertiary/aromatic N) is 3. The number of hydrogen-bond acceptors (Lipinski definition) is 5. The van der Waals surface area contributed by atoms with Crippen LogP contribution in [0.15, 0.2) is 24.4 Å². The maximum atomic E-state index is 6.07. The summed E-state index contributed by atoms with van der Waals surface area (Å²) in [5.74, 6) is 1.11. The van der Waals surface area contributed by atoms with Gasteiger partial charge >= 0.3 is 0 Å². The van der Waals surface area contributed by atoms with Crippen LogP contribution in [0.5, 0.6) is 0 Å². The Morgan fingerprint density at radius 1 is 1.08 bits per heavy atom. The number of benzene rings is 1. The van der Waals surface area contributed by atoms with Gasteiger partial charge in [-0.15, -0.1) is 0 Å². The summed E-state index contributed by atoms with van der Waals surface area (Å²) in [5.41, 5.74) is 8.62. The van der Waals surface area contributed by atoms with E-state index in [0.29, 0.717) is 6.04 Å². The number of aromatic nitrogens is 1. The third-order valence-corrected chi connectivity index (χ3v) is 5.27. The molecule has 2 aromatic rings. The maximum absolute atomic E-state index is 6.07. The van der Waals surface area contributed by atoms with E-state index in [4.69, 9.17) is 15.5 Å². The van der Waals surface area contributed by atoms with Gasteiger partial charge in [0.15, 0.2) is 0 Å². The van der Waals surface area contributed by atoms with Gasteiger partial charge in [0.2, 0.25) is 0 Å². The van der Waals surface area contributed by atoms with E-state index in [-0.39, 0.29) is 0 Å². The number of hydrogen-bond donors (Lipinski definition) is 1. The summed E-state index contributed by atoms with van der Waals surface area (Å²) in [6.45, 7) is 7.63. The van der Waals surface area contributed by atoms with Crippen LogP contribution in [0.2, 0.25) is 0 Å². The van der Waals surface area contributed by atoms with Gasteiger partial charge in [-0.3, -0.25) is 0 Å². The second-order valence-corrected chi connectivity index (χ2v) is 6.89. The highest BCUT2D eigenvalue weighted by Gasteiger charge is 2.22. The molecule has 2 aliphatic rings. The Labute approximate surface area is 143 Å². The van der Waals surface area contributed by atoms with Gasteiger partial charge in [0.1, 0.15) is 5.82 Å². The Balaban J connectivity index is 1.78. The number of aryl methyl sites for hydroxylation is 1. The molecule has 5 heteroatoms. The number of nitrogens with two attached hydrogens (primary N) is 1. The second-order valence-electron chi connectivity index (χ2n) is 6.89. The van der Waals surface area contributed by atoms with Gasteiger partial charge in [0.05, 0.1) is 25.1 Å². The normalized spacial score (nSPS) is 19.9. The van der Waals surface area contributed by atoms with E-state index < -0.39 is 0 Å². The van der Waals surface area contributed by atoms with E-state index >= 15 is 0 Å². The summed E-state index contributed by atoms with van der Waals surface area (Å²) in [6, 6.07) is 6.88. The summed E-state index contributed by atoms with van der Waals surface area (Å²) in [7, 11) is 0. The Bertz CT molecular complexity index is 719. The van der Waals surface area contributed by atoms with E-state index in [1.54, 1.807) is 0 Å². The first kappa shape index (κ1) is 15.7. The zero-order valence-electron chi connectivity index (χ0n) is 14.4. The summed E-state index contributed by atoms with van der Waals surface area (Å²) >= 11 is 0. The number of fused-ring (bicyclic) bond motifs is 1. The van der Waals surface area contributed by atoms with Crippen molar-refractivity contribution >= 4 is 22.3 Å². The quantitative estimate of drug-likeness (QED) is 0.918. The molecular weight excluding hydrogens is 300 g/mol. The molecule has 0 radical (unpaired) electrons. The van der Waals surface area contributed by atoms with E-state index in [0.717, 1.165) is 58.1 Å². The van der Waals surface area contributed by atoms with Crippen LogP contribution >= 0.6 is 0 Å². The van der Waals surface area contributed by atoms with Crippen molar-refractivity contribution in [3.05, 3.63) is 30.0 Å². The molecule has 2 fully saturated rings. The SMILES string of the molecule is Cc1cccc2c(N3CCC(N)CC3)ncc(N3CCOCC3)c12. The summed E-state index contributed by atoms with van der Waals surface area (Å²) in [4.78, 5) is 9.68. The lowest BCUT2D eigenvalue weighted by Gasteiger charge is -2.34. The van der Waals surface area contributed by atoms with Crippen LogP contribution in [0.3, 0.4) is 0 Å². The third-order valence-electron chi connectivity index (χ3n) is 5.27. The number of anilines is 2. The fraction of sp³-hybridized carbons (Fsp3) is 0.526. The minimum absolute atomic E-state index is 0.335. The molecule has 0 spiro atoms. The van der Waals surface area contributed by atoms with E-state index in [1.165, 1.54) is 22.0 Å². The third kappa shape index (κ3) is 2.82. The van der Waals surface area contributed by atoms with Crippen molar-refractivity contribution in [2.75, 3.05) is 49.2 Å². The average Bonchev–Trinajstić information content (AvgIpc) is 2.63. The molecule has 0 amide bonds. The van der Waals surface area contributed by atoms with Crippen LogP contribution in [0.25, 0.3) is 10.8 Å². The zero-order chi connectivity index (χ0) is 16.5. The van der Waals surface area contributed by atoms with Crippen LogP contribution < -0.4 is 15.5 Å². The minimum Gasteiger partial charge on any atom is -0.378 e. The first-order valence-electron chi connectivity index (χ1n) is 8.95. The lowest BCUT2D eigenvalue weighted by atomic mass is 10.0. The smallest absolute Gasteiger partial charge is 0.136 e. The lowest BCUT2D eigenvalue weighted by molar-refractivity contribution is 0.123. The molecule has 128 valence electrons. The Morgan fingerprint density at radius 3 is 2.58 bits per heavy atom. The van der Waals surface area contributed by atoms with Crippen LogP contribution in [-0.2, 0) is 4.74 Å². The lowest BCUT2D eigenvalue weighted by Crippen LogP contribution is -2.40. The van der Waals surface area contributed by atoms with Gasteiger partial charge in [0.25, 0.3) is 0 Å². The van der Waals surface area contributed by atoms with Crippen LogP contribution in [0, 0.1) is 6.92 Å². The second kappa shape index (κ2) is 6.57. The predicted octanol–water partition coefficient (Wildman–Crippen LogP) is 2.31. The van der Waals surface area contributed by atoms with E-state index in [1.807, 2.05) is 0 Å². The molecule has 0 aliphatic carbocycles. The molecule has 4 rings (SSSR count). The molecule has 0 bridgehead atoms. The molecule has 5 nitrogen and oxygen atoms in total. The average molecular weight is 326 g/mol. The maximum Gasteiger partial charge on any atom is 0.136 e. The Hall–Kier alpha value is -1.85.